The van der Waals surface area contributed by atoms with Gasteiger partial charge in [-0.2, -0.15) is 11.8 Å². The average Bonchev–Trinajstić information content (AvgIpc) is 2.12. The minimum Gasteiger partial charge on any atom is -0.341 e. The predicted octanol–water partition coefficient (Wildman–Crippen LogP) is 2.24. The van der Waals surface area contributed by atoms with Gasteiger partial charge in [0.1, 0.15) is 0 Å². The van der Waals surface area contributed by atoms with Crippen molar-refractivity contribution in [3.63, 3.8) is 0 Å². The summed E-state index contributed by atoms with van der Waals surface area (Å²) in [5.74, 6) is 4.74. The van der Waals surface area contributed by atoms with Crippen molar-refractivity contribution in [3.05, 3.63) is 0 Å². The van der Waals surface area contributed by atoms with Gasteiger partial charge in [-0.25, -0.2) is 0 Å². The molecule has 1 saturated heterocycles. The van der Waals surface area contributed by atoms with Crippen molar-refractivity contribution in [2.75, 3.05) is 24.6 Å². The van der Waals surface area contributed by atoms with E-state index in [9.17, 15) is 4.79 Å². The lowest BCUT2D eigenvalue weighted by molar-refractivity contribution is -0.129. The smallest absolute Gasteiger partial charge is 0.232 e. The van der Waals surface area contributed by atoms with Gasteiger partial charge in [0.15, 0.2) is 0 Å². The van der Waals surface area contributed by atoms with Crippen LogP contribution in [-0.2, 0) is 4.79 Å². The maximum atomic E-state index is 11.6. The van der Waals surface area contributed by atoms with Gasteiger partial charge in [-0.15, -0.1) is 0 Å². The van der Waals surface area contributed by atoms with Gasteiger partial charge < -0.3 is 4.90 Å². The molecule has 2 nitrogen and oxygen atoms in total. The van der Waals surface area contributed by atoms with Crippen molar-refractivity contribution < 1.29 is 4.79 Å². The van der Waals surface area contributed by atoms with Crippen LogP contribution in [0.15, 0.2) is 0 Å². The second-order valence-corrected chi connectivity index (χ2v) is 6.34. The van der Waals surface area contributed by atoms with E-state index in [1.165, 1.54) is 12.8 Å². The van der Waals surface area contributed by atoms with E-state index < -0.39 is 0 Å². The zero-order valence-corrected chi connectivity index (χ0v) is 10.6. The fourth-order valence-electron chi connectivity index (χ4n) is 2.54. The Balaban J connectivity index is 1.72. The summed E-state index contributed by atoms with van der Waals surface area (Å²) >= 11 is 1.77. The molecule has 2 rings (SSSR count). The number of rotatable bonds is 3. The summed E-state index contributed by atoms with van der Waals surface area (Å²) in [6.45, 7) is 6.63. The third-order valence-electron chi connectivity index (χ3n) is 3.78. The van der Waals surface area contributed by atoms with Crippen LogP contribution in [0.4, 0.5) is 0 Å². The van der Waals surface area contributed by atoms with E-state index in [2.05, 4.69) is 18.7 Å². The lowest BCUT2D eigenvalue weighted by Gasteiger charge is -2.41. The molecule has 15 heavy (non-hydrogen) atoms. The maximum Gasteiger partial charge on any atom is 0.232 e. The number of thioether (sulfide) groups is 1. The van der Waals surface area contributed by atoms with Gasteiger partial charge >= 0.3 is 0 Å². The molecule has 0 aromatic heterocycles. The monoisotopic (exact) mass is 227 g/mol. The van der Waals surface area contributed by atoms with Crippen LogP contribution >= 0.6 is 11.8 Å². The van der Waals surface area contributed by atoms with Gasteiger partial charge in [0.05, 0.1) is 5.75 Å². The Morgan fingerprint density at radius 2 is 2.20 bits per heavy atom. The van der Waals surface area contributed by atoms with Gasteiger partial charge in [-0.3, -0.25) is 4.79 Å². The molecular weight excluding hydrogens is 206 g/mol. The number of hydrogen-bond donors (Lipinski definition) is 0. The predicted molar refractivity (Wildman–Crippen MR) is 65.0 cm³/mol. The molecule has 1 aliphatic heterocycles. The average molecular weight is 227 g/mol. The highest BCUT2D eigenvalue weighted by molar-refractivity contribution is 8.00. The number of amides is 1. The third kappa shape index (κ3) is 2.68. The molecule has 1 saturated carbocycles. The quantitative estimate of drug-likeness (QED) is 0.737. The van der Waals surface area contributed by atoms with Gasteiger partial charge in [0.25, 0.3) is 0 Å². The second kappa shape index (κ2) is 4.77. The largest absolute Gasteiger partial charge is 0.341 e. The summed E-state index contributed by atoms with van der Waals surface area (Å²) < 4.78 is 0. The van der Waals surface area contributed by atoms with E-state index >= 15 is 0 Å². The molecule has 0 atom stereocenters. The molecule has 2 aliphatic rings. The lowest BCUT2D eigenvalue weighted by atomic mass is 9.69. The second-order valence-electron chi connectivity index (χ2n) is 5.23. The molecular formula is C12H21NOS. The first-order valence-electron chi connectivity index (χ1n) is 6.02. The normalized spacial score (nSPS) is 31.9. The molecule has 1 amide bonds. The van der Waals surface area contributed by atoms with E-state index in [0.29, 0.717) is 11.7 Å². The molecule has 0 aromatic rings. The molecule has 1 heterocycles. The molecule has 0 radical (unpaired) electrons. The molecule has 86 valence electrons. The maximum absolute atomic E-state index is 11.6. The minimum absolute atomic E-state index is 0.360. The standard InChI is InChI=1S/C12H21NOS/c1-9(2)11-5-10(6-11)7-13-3-4-15-8-12(13)14/h9-11H,3-8H2,1-2H3. The summed E-state index contributed by atoms with van der Waals surface area (Å²) in [6, 6.07) is 0. The first-order valence-corrected chi connectivity index (χ1v) is 7.18. The van der Waals surface area contributed by atoms with Crippen LogP contribution in [0.25, 0.3) is 0 Å². The van der Waals surface area contributed by atoms with Crippen LogP contribution in [0.2, 0.25) is 0 Å². The van der Waals surface area contributed by atoms with Crippen LogP contribution in [0, 0.1) is 17.8 Å². The topological polar surface area (TPSA) is 20.3 Å². The van der Waals surface area contributed by atoms with E-state index in [4.69, 9.17) is 0 Å². The Morgan fingerprint density at radius 1 is 1.47 bits per heavy atom. The fraction of sp³-hybridized carbons (Fsp3) is 0.917. The van der Waals surface area contributed by atoms with E-state index in [1.807, 2.05) is 0 Å². The fourth-order valence-corrected chi connectivity index (χ4v) is 3.39. The minimum atomic E-state index is 0.360. The highest BCUT2D eigenvalue weighted by Crippen LogP contribution is 2.39. The molecule has 3 heteroatoms. The van der Waals surface area contributed by atoms with Crippen molar-refractivity contribution in [1.82, 2.24) is 4.90 Å². The Morgan fingerprint density at radius 3 is 2.80 bits per heavy atom. The summed E-state index contributed by atoms with van der Waals surface area (Å²) in [7, 11) is 0. The van der Waals surface area contributed by atoms with Crippen molar-refractivity contribution in [2.45, 2.75) is 26.7 Å². The van der Waals surface area contributed by atoms with E-state index in [0.717, 1.165) is 36.6 Å². The molecule has 0 spiro atoms. The van der Waals surface area contributed by atoms with Crippen molar-refractivity contribution in [2.24, 2.45) is 17.8 Å². The van der Waals surface area contributed by atoms with Crippen molar-refractivity contribution >= 4 is 17.7 Å². The zero-order valence-electron chi connectivity index (χ0n) is 9.74. The van der Waals surface area contributed by atoms with Crippen LogP contribution < -0.4 is 0 Å². The summed E-state index contributed by atoms with van der Waals surface area (Å²) in [4.78, 5) is 13.7. The Bertz CT molecular complexity index is 236. The lowest BCUT2D eigenvalue weighted by Crippen LogP contribution is -2.44. The number of carbonyl (C=O) groups excluding carboxylic acids is 1. The van der Waals surface area contributed by atoms with Gasteiger partial charge in [-0.05, 0) is 30.6 Å². The molecule has 2 fully saturated rings. The summed E-state index contributed by atoms with van der Waals surface area (Å²) in [5, 5.41) is 0. The van der Waals surface area contributed by atoms with Gasteiger partial charge in [0.2, 0.25) is 5.91 Å². The number of carbonyl (C=O) groups is 1. The Labute approximate surface area is 96.8 Å². The molecule has 0 aromatic carbocycles. The highest BCUT2D eigenvalue weighted by Gasteiger charge is 2.33. The van der Waals surface area contributed by atoms with Gasteiger partial charge in [-0.1, -0.05) is 13.8 Å². The first kappa shape index (κ1) is 11.3. The molecule has 0 N–H and O–H groups in total. The molecule has 1 aliphatic carbocycles. The number of nitrogens with zero attached hydrogens (tertiary/aromatic N) is 1. The molecule has 0 unspecified atom stereocenters. The third-order valence-corrected chi connectivity index (χ3v) is 4.70. The van der Waals surface area contributed by atoms with Crippen LogP contribution in [0.1, 0.15) is 26.7 Å². The summed E-state index contributed by atoms with van der Waals surface area (Å²) in [5.41, 5.74) is 0. The SMILES string of the molecule is CC(C)C1CC(CN2CCSCC2=O)C1. The van der Waals surface area contributed by atoms with Crippen LogP contribution in [-0.4, -0.2) is 35.4 Å². The van der Waals surface area contributed by atoms with Crippen LogP contribution in [0.5, 0.6) is 0 Å². The van der Waals surface area contributed by atoms with Crippen molar-refractivity contribution in [3.8, 4) is 0 Å². The zero-order chi connectivity index (χ0) is 10.8. The van der Waals surface area contributed by atoms with Crippen molar-refractivity contribution in [1.29, 1.82) is 0 Å². The number of hydrogen-bond acceptors (Lipinski definition) is 2. The Hall–Kier alpha value is -0.180. The van der Waals surface area contributed by atoms with E-state index in [1.54, 1.807) is 11.8 Å². The van der Waals surface area contributed by atoms with Crippen LogP contribution in [0.3, 0.4) is 0 Å². The molecule has 0 bridgehead atoms. The highest BCUT2D eigenvalue weighted by atomic mass is 32.2. The first-order chi connectivity index (χ1) is 7.16. The summed E-state index contributed by atoms with van der Waals surface area (Å²) in [6.07, 6.45) is 2.68. The Kier molecular flexibility index (Phi) is 3.60. The van der Waals surface area contributed by atoms with Gasteiger partial charge in [0, 0.05) is 18.8 Å². The van der Waals surface area contributed by atoms with E-state index in [-0.39, 0.29) is 0 Å².